The lowest BCUT2D eigenvalue weighted by Gasteiger charge is -2.22. The van der Waals surface area contributed by atoms with E-state index in [0.717, 1.165) is 51.3 Å². The smallest absolute Gasteiger partial charge is 0.328 e. The molecule has 1 N–H and O–H groups in total. The minimum absolute atomic E-state index is 0.278. The first-order chi connectivity index (χ1) is 16.0. The SMILES string of the molecule is CCC(C)c1cc2ccccc2c(Oc2ccc(/C=C/C(=O)O)cc2)c1-c1ccc(F)cc1. The Balaban J connectivity index is 1.89. The molecule has 4 aromatic carbocycles. The summed E-state index contributed by atoms with van der Waals surface area (Å²) < 4.78 is 20.2. The number of rotatable bonds is 7. The molecule has 1 atom stereocenters. The van der Waals surface area contributed by atoms with E-state index in [9.17, 15) is 9.18 Å². The third-order valence-electron chi connectivity index (χ3n) is 5.83. The van der Waals surface area contributed by atoms with Gasteiger partial charge in [0.05, 0.1) is 0 Å². The molecule has 0 saturated heterocycles. The average molecular weight is 441 g/mol. The van der Waals surface area contributed by atoms with E-state index in [1.807, 2.05) is 42.5 Å². The number of ether oxygens (including phenoxy) is 1. The van der Waals surface area contributed by atoms with Crippen molar-refractivity contribution in [3.63, 3.8) is 0 Å². The Morgan fingerprint density at radius 2 is 1.73 bits per heavy atom. The Morgan fingerprint density at radius 1 is 1.03 bits per heavy atom. The van der Waals surface area contributed by atoms with Gasteiger partial charge in [-0.3, -0.25) is 0 Å². The van der Waals surface area contributed by atoms with Gasteiger partial charge in [0.15, 0.2) is 0 Å². The number of carbonyl (C=O) groups is 1. The first-order valence-electron chi connectivity index (χ1n) is 11.0. The van der Waals surface area contributed by atoms with Crippen LogP contribution in [0.5, 0.6) is 11.5 Å². The monoisotopic (exact) mass is 440 g/mol. The van der Waals surface area contributed by atoms with E-state index >= 15 is 0 Å². The second-order valence-electron chi connectivity index (χ2n) is 8.05. The van der Waals surface area contributed by atoms with Crippen molar-refractivity contribution in [3.05, 3.63) is 102 Å². The standard InChI is InChI=1S/C29H25FO3/c1-3-19(2)26-18-22-6-4-5-7-25(22)29(28(26)21-11-13-23(30)14-12-21)33-24-15-8-20(9-16-24)10-17-27(31)32/h4-19H,3H2,1-2H3,(H,31,32)/b17-10+. The fourth-order valence-electron chi connectivity index (χ4n) is 3.90. The quantitative estimate of drug-likeness (QED) is 0.296. The Bertz CT molecular complexity index is 1310. The van der Waals surface area contributed by atoms with Crippen LogP contribution in [-0.2, 0) is 4.79 Å². The maximum atomic E-state index is 13.7. The van der Waals surface area contributed by atoms with Crippen molar-refractivity contribution >= 4 is 22.8 Å². The highest BCUT2D eigenvalue weighted by atomic mass is 19.1. The molecule has 4 rings (SSSR count). The van der Waals surface area contributed by atoms with Crippen molar-refractivity contribution < 1.29 is 19.0 Å². The van der Waals surface area contributed by atoms with E-state index < -0.39 is 5.97 Å². The van der Waals surface area contributed by atoms with E-state index in [4.69, 9.17) is 9.84 Å². The molecule has 0 saturated carbocycles. The predicted molar refractivity (Wildman–Crippen MR) is 131 cm³/mol. The van der Waals surface area contributed by atoms with Crippen LogP contribution in [0.2, 0.25) is 0 Å². The predicted octanol–water partition coefficient (Wildman–Crippen LogP) is 8.05. The fourth-order valence-corrected chi connectivity index (χ4v) is 3.90. The van der Waals surface area contributed by atoms with Gasteiger partial charge in [0.1, 0.15) is 17.3 Å². The Labute approximate surface area is 192 Å². The van der Waals surface area contributed by atoms with Crippen molar-refractivity contribution in [2.24, 2.45) is 0 Å². The van der Waals surface area contributed by atoms with Crippen LogP contribution < -0.4 is 4.74 Å². The minimum atomic E-state index is -0.993. The van der Waals surface area contributed by atoms with Crippen LogP contribution >= 0.6 is 0 Å². The van der Waals surface area contributed by atoms with Gasteiger partial charge in [-0.05, 0) is 70.8 Å². The van der Waals surface area contributed by atoms with Gasteiger partial charge in [0.25, 0.3) is 0 Å². The summed E-state index contributed by atoms with van der Waals surface area (Å²) in [6, 6.07) is 24.1. The lowest BCUT2D eigenvalue weighted by atomic mass is 9.87. The molecule has 4 aromatic rings. The van der Waals surface area contributed by atoms with E-state index in [-0.39, 0.29) is 11.7 Å². The summed E-state index contributed by atoms with van der Waals surface area (Å²) in [5.74, 6) is 0.367. The number of hydrogen-bond acceptors (Lipinski definition) is 2. The zero-order valence-corrected chi connectivity index (χ0v) is 18.6. The molecule has 166 valence electrons. The zero-order valence-electron chi connectivity index (χ0n) is 18.6. The minimum Gasteiger partial charge on any atom is -0.478 e. The van der Waals surface area contributed by atoms with Gasteiger partial charge in [-0.15, -0.1) is 0 Å². The number of aliphatic carboxylic acids is 1. The van der Waals surface area contributed by atoms with Gasteiger partial charge in [0, 0.05) is 17.0 Å². The summed E-state index contributed by atoms with van der Waals surface area (Å²) in [5, 5.41) is 10.9. The summed E-state index contributed by atoms with van der Waals surface area (Å²) in [7, 11) is 0. The molecule has 0 aliphatic heterocycles. The van der Waals surface area contributed by atoms with Crippen molar-refractivity contribution in [2.75, 3.05) is 0 Å². The Hall–Kier alpha value is -3.92. The number of carboxylic acid groups (broad SMARTS) is 1. The first kappa shape index (κ1) is 22.3. The van der Waals surface area contributed by atoms with Crippen LogP contribution in [0.15, 0.2) is 84.9 Å². The van der Waals surface area contributed by atoms with Crippen LogP contribution in [0.1, 0.15) is 37.3 Å². The molecule has 3 nitrogen and oxygen atoms in total. The lowest BCUT2D eigenvalue weighted by Crippen LogP contribution is -2.00. The van der Waals surface area contributed by atoms with Crippen LogP contribution in [0.4, 0.5) is 4.39 Å². The number of hydrogen-bond donors (Lipinski definition) is 1. The van der Waals surface area contributed by atoms with Crippen molar-refractivity contribution in [1.29, 1.82) is 0 Å². The topological polar surface area (TPSA) is 46.5 Å². The second kappa shape index (κ2) is 9.70. The maximum absolute atomic E-state index is 13.7. The summed E-state index contributed by atoms with van der Waals surface area (Å²) >= 11 is 0. The molecule has 33 heavy (non-hydrogen) atoms. The number of benzene rings is 4. The summed E-state index contributed by atoms with van der Waals surface area (Å²) in [6.45, 7) is 4.34. The first-order valence-corrected chi connectivity index (χ1v) is 11.0. The number of fused-ring (bicyclic) bond motifs is 1. The molecule has 1 unspecified atom stereocenters. The Kier molecular flexibility index (Phi) is 6.55. The summed E-state index contributed by atoms with van der Waals surface area (Å²) in [6.07, 6.45) is 3.59. The van der Waals surface area contributed by atoms with Gasteiger partial charge in [0.2, 0.25) is 0 Å². The van der Waals surface area contributed by atoms with E-state index in [0.29, 0.717) is 5.75 Å². The molecule has 0 fully saturated rings. The number of carboxylic acids is 1. The average Bonchev–Trinajstić information content (AvgIpc) is 2.83. The molecule has 0 heterocycles. The number of halogens is 1. The third-order valence-corrected chi connectivity index (χ3v) is 5.83. The van der Waals surface area contributed by atoms with Gasteiger partial charge in [-0.2, -0.15) is 0 Å². The summed E-state index contributed by atoms with van der Waals surface area (Å²) in [4.78, 5) is 10.8. The van der Waals surface area contributed by atoms with E-state index in [2.05, 4.69) is 26.0 Å². The van der Waals surface area contributed by atoms with E-state index in [1.54, 1.807) is 12.1 Å². The van der Waals surface area contributed by atoms with Crippen LogP contribution in [-0.4, -0.2) is 11.1 Å². The molecule has 0 radical (unpaired) electrons. The molecular formula is C29H25FO3. The lowest BCUT2D eigenvalue weighted by molar-refractivity contribution is -0.131. The zero-order chi connectivity index (χ0) is 23.4. The van der Waals surface area contributed by atoms with Crippen molar-refractivity contribution in [2.45, 2.75) is 26.2 Å². The normalized spacial score (nSPS) is 12.2. The van der Waals surface area contributed by atoms with Gasteiger partial charge in [-0.1, -0.05) is 62.4 Å². The fraction of sp³-hybridized carbons (Fsp3) is 0.138. The van der Waals surface area contributed by atoms with Gasteiger partial charge >= 0.3 is 5.97 Å². The molecule has 0 aliphatic rings. The van der Waals surface area contributed by atoms with Gasteiger partial charge in [-0.25, -0.2) is 9.18 Å². The molecule has 0 spiro atoms. The van der Waals surface area contributed by atoms with E-state index in [1.165, 1.54) is 18.2 Å². The molecule has 0 amide bonds. The third kappa shape index (κ3) is 4.96. The van der Waals surface area contributed by atoms with Crippen LogP contribution in [0.25, 0.3) is 28.0 Å². The molecule has 4 heteroatoms. The van der Waals surface area contributed by atoms with Crippen LogP contribution in [0, 0.1) is 5.82 Å². The highest BCUT2D eigenvalue weighted by Crippen LogP contribution is 2.45. The highest BCUT2D eigenvalue weighted by molar-refractivity contribution is 5.97. The van der Waals surface area contributed by atoms with Crippen molar-refractivity contribution in [1.82, 2.24) is 0 Å². The summed E-state index contributed by atoms with van der Waals surface area (Å²) in [5.41, 5.74) is 3.77. The Morgan fingerprint density at radius 3 is 2.39 bits per heavy atom. The highest BCUT2D eigenvalue weighted by Gasteiger charge is 2.20. The largest absolute Gasteiger partial charge is 0.478 e. The van der Waals surface area contributed by atoms with Crippen LogP contribution in [0.3, 0.4) is 0 Å². The molecule has 0 aliphatic carbocycles. The molecule has 0 aromatic heterocycles. The molecule has 0 bridgehead atoms. The second-order valence-corrected chi connectivity index (χ2v) is 8.05. The van der Waals surface area contributed by atoms with Crippen molar-refractivity contribution in [3.8, 4) is 22.6 Å². The maximum Gasteiger partial charge on any atom is 0.328 e. The molecular weight excluding hydrogens is 415 g/mol. The van der Waals surface area contributed by atoms with Gasteiger partial charge < -0.3 is 9.84 Å².